The van der Waals surface area contributed by atoms with Crippen LogP contribution in [-0.4, -0.2) is 24.2 Å². The highest BCUT2D eigenvalue weighted by atomic mass is 35.5. The molecule has 0 unspecified atom stereocenters. The number of nitrogens with two attached hydrogens (primary N) is 1. The first-order chi connectivity index (χ1) is 7.61. The molecule has 0 saturated heterocycles. The van der Waals surface area contributed by atoms with E-state index in [0.717, 1.165) is 4.90 Å². The van der Waals surface area contributed by atoms with Crippen LogP contribution in [0.5, 0.6) is 0 Å². The van der Waals surface area contributed by atoms with Gasteiger partial charge in [0.25, 0.3) is 0 Å². The summed E-state index contributed by atoms with van der Waals surface area (Å²) in [6, 6.07) is 7.44. The summed E-state index contributed by atoms with van der Waals surface area (Å²) in [5, 5.41) is 3.50. The molecule has 96 valence electrons. The fourth-order valence-electron chi connectivity index (χ4n) is 1.06. The molecule has 6 heteroatoms. The summed E-state index contributed by atoms with van der Waals surface area (Å²) < 4.78 is 0. The minimum absolute atomic E-state index is 0. The van der Waals surface area contributed by atoms with Crippen LogP contribution in [0.4, 0.5) is 0 Å². The first-order valence-corrected chi connectivity index (χ1v) is 6.36. The number of benzene rings is 1. The van der Waals surface area contributed by atoms with Gasteiger partial charge < -0.3 is 11.1 Å². The van der Waals surface area contributed by atoms with Crippen molar-refractivity contribution in [3.63, 3.8) is 0 Å². The lowest BCUT2D eigenvalue weighted by Crippen LogP contribution is -2.38. The average molecular weight is 295 g/mol. The van der Waals surface area contributed by atoms with Crippen LogP contribution in [0.2, 0.25) is 5.02 Å². The van der Waals surface area contributed by atoms with Gasteiger partial charge in [0.2, 0.25) is 5.91 Å². The van der Waals surface area contributed by atoms with Crippen LogP contribution in [0.25, 0.3) is 0 Å². The van der Waals surface area contributed by atoms with Crippen molar-refractivity contribution in [3.8, 4) is 0 Å². The molecule has 1 aromatic rings. The van der Waals surface area contributed by atoms with Crippen LogP contribution in [0.15, 0.2) is 29.2 Å². The van der Waals surface area contributed by atoms with E-state index < -0.39 is 0 Å². The molecule has 1 aromatic carbocycles. The number of amides is 1. The van der Waals surface area contributed by atoms with Gasteiger partial charge in [0.1, 0.15) is 0 Å². The summed E-state index contributed by atoms with van der Waals surface area (Å²) in [7, 11) is 0. The molecule has 17 heavy (non-hydrogen) atoms. The van der Waals surface area contributed by atoms with E-state index >= 15 is 0 Å². The Labute approximate surface area is 117 Å². The minimum Gasteiger partial charge on any atom is -0.352 e. The summed E-state index contributed by atoms with van der Waals surface area (Å²) in [4.78, 5) is 12.5. The summed E-state index contributed by atoms with van der Waals surface area (Å²) >= 11 is 7.24. The summed E-state index contributed by atoms with van der Waals surface area (Å²) in [6.07, 6.45) is 0. The van der Waals surface area contributed by atoms with E-state index in [4.69, 9.17) is 17.3 Å². The van der Waals surface area contributed by atoms with Crippen molar-refractivity contribution in [1.82, 2.24) is 5.32 Å². The topological polar surface area (TPSA) is 55.1 Å². The zero-order valence-corrected chi connectivity index (χ0v) is 11.9. The van der Waals surface area contributed by atoms with Gasteiger partial charge in [-0.2, -0.15) is 0 Å². The van der Waals surface area contributed by atoms with Gasteiger partial charge in [-0.3, -0.25) is 4.79 Å². The largest absolute Gasteiger partial charge is 0.352 e. The molecule has 0 aliphatic heterocycles. The predicted octanol–water partition coefficient (Wildman–Crippen LogP) is 2.32. The Balaban J connectivity index is 0.00000256. The number of nitrogens with one attached hydrogen (secondary N) is 1. The summed E-state index contributed by atoms with van der Waals surface area (Å²) in [5.74, 6) is 0.393. The number of hydrogen-bond acceptors (Lipinski definition) is 3. The van der Waals surface area contributed by atoms with E-state index in [-0.39, 0.29) is 24.4 Å². The average Bonchev–Trinajstić information content (AvgIpc) is 2.28. The van der Waals surface area contributed by atoms with Gasteiger partial charge in [0, 0.05) is 22.5 Å². The van der Waals surface area contributed by atoms with E-state index in [0.29, 0.717) is 17.3 Å². The van der Waals surface area contributed by atoms with Crippen LogP contribution in [0.1, 0.15) is 6.92 Å². The number of rotatable bonds is 5. The van der Waals surface area contributed by atoms with Crippen molar-refractivity contribution < 1.29 is 4.79 Å². The van der Waals surface area contributed by atoms with Crippen molar-refractivity contribution in [3.05, 3.63) is 29.3 Å². The number of carbonyl (C=O) groups is 1. The summed E-state index contributed by atoms with van der Waals surface area (Å²) in [5.41, 5.74) is 5.41. The van der Waals surface area contributed by atoms with Gasteiger partial charge in [0.05, 0.1) is 5.75 Å². The molecule has 3 nitrogen and oxygen atoms in total. The second kappa shape index (κ2) is 8.64. The smallest absolute Gasteiger partial charge is 0.230 e. The van der Waals surface area contributed by atoms with Crippen LogP contribution in [0, 0.1) is 0 Å². The maximum atomic E-state index is 11.4. The van der Waals surface area contributed by atoms with E-state index in [1.807, 2.05) is 31.2 Å². The lowest BCUT2D eigenvalue weighted by atomic mass is 10.3. The quantitative estimate of drug-likeness (QED) is 0.820. The lowest BCUT2D eigenvalue weighted by molar-refractivity contribution is -0.119. The van der Waals surface area contributed by atoms with Crippen molar-refractivity contribution in [2.45, 2.75) is 17.9 Å². The van der Waals surface area contributed by atoms with Gasteiger partial charge in [-0.1, -0.05) is 11.6 Å². The van der Waals surface area contributed by atoms with E-state index in [1.165, 1.54) is 11.8 Å². The van der Waals surface area contributed by atoms with Gasteiger partial charge in [0.15, 0.2) is 0 Å². The van der Waals surface area contributed by atoms with E-state index in [1.54, 1.807) is 0 Å². The molecule has 0 aromatic heterocycles. The minimum atomic E-state index is -0.00194. The molecular formula is C11H16Cl2N2OS. The number of thioether (sulfide) groups is 1. The molecule has 1 atom stereocenters. The fourth-order valence-corrected chi connectivity index (χ4v) is 1.89. The van der Waals surface area contributed by atoms with Crippen LogP contribution in [0.3, 0.4) is 0 Å². The Hall–Kier alpha value is -0.420. The Morgan fingerprint density at radius 2 is 2.06 bits per heavy atom. The Morgan fingerprint density at radius 3 is 2.59 bits per heavy atom. The van der Waals surface area contributed by atoms with E-state index in [9.17, 15) is 4.79 Å². The molecule has 0 aliphatic carbocycles. The highest BCUT2D eigenvalue weighted by Crippen LogP contribution is 2.19. The highest BCUT2D eigenvalue weighted by molar-refractivity contribution is 8.00. The first kappa shape index (κ1) is 16.6. The van der Waals surface area contributed by atoms with E-state index in [2.05, 4.69) is 5.32 Å². The number of carbonyl (C=O) groups excluding carboxylic acids is 1. The SMILES string of the molecule is C[C@@H](CN)NC(=O)CSc1ccc(Cl)cc1.Cl. The van der Waals surface area contributed by atoms with Crippen molar-refractivity contribution in [2.24, 2.45) is 5.73 Å². The number of hydrogen-bond donors (Lipinski definition) is 2. The predicted molar refractivity (Wildman–Crippen MR) is 76.1 cm³/mol. The van der Waals surface area contributed by atoms with Gasteiger partial charge in [-0.05, 0) is 31.2 Å². The second-order valence-electron chi connectivity index (χ2n) is 3.45. The van der Waals surface area contributed by atoms with Gasteiger partial charge in [-0.15, -0.1) is 24.2 Å². The first-order valence-electron chi connectivity index (χ1n) is 4.99. The Bertz CT molecular complexity index is 346. The molecule has 0 saturated carbocycles. The molecule has 0 bridgehead atoms. The Morgan fingerprint density at radius 1 is 1.47 bits per heavy atom. The maximum absolute atomic E-state index is 11.4. The zero-order chi connectivity index (χ0) is 12.0. The van der Waals surface area contributed by atoms with Crippen LogP contribution < -0.4 is 11.1 Å². The molecule has 0 aliphatic rings. The molecular weight excluding hydrogens is 279 g/mol. The third kappa shape index (κ3) is 6.78. The molecule has 0 radical (unpaired) electrons. The molecule has 1 amide bonds. The van der Waals surface area contributed by atoms with Crippen LogP contribution >= 0.6 is 35.8 Å². The zero-order valence-electron chi connectivity index (χ0n) is 9.48. The monoisotopic (exact) mass is 294 g/mol. The molecule has 0 fully saturated rings. The van der Waals surface area contributed by atoms with Crippen LogP contribution in [-0.2, 0) is 4.79 Å². The van der Waals surface area contributed by atoms with Crippen molar-refractivity contribution >= 4 is 41.7 Å². The molecule has 1 rings (SSSR count). The molecule has 0 heterocycles. The van der Waals surface area contributed by atoms with Gasteiger partial charge >= 0.3 is 0 Å². The molecule has 3 N–H and O–H groups in total. The highest BCUT2D eigenvalue weighted by Gasteiger charge is 2.05. The number of halogens is 2. The Kier molecular flexibility index (Phi) is 8.43. The lowest BCUT2D eigenvalue weighted by Gasteiger charge is -2.10. The third-order valence-electron chi connectivity index (χ3n) is 1.94. The van der Waals surface area contributed by atoms with Crippen molar-refractivity contribution in [1.29, 1.82) is 0 Å². The summed E-state index contributed by atoms with van der Waals surface area (Å²) in [6.45, 7) is 2.34. The molecule has 0 spiro atoms. The second-order valence-corrected chi connectivity index (χ2v) is 4.93. The van der Waals surface area contributed by atoms with Gasteiger partial charge in [-0.25, -0.2) is 0 Å². The normalized spacial score (nSPS) is 11.5. The third-order valence-corrected chi connectivity index (χ3v) is 3.21. The van der Waals surface area contributed by atoms with Crippen molar-refractivity contribution in [2.75, 3.05) is 12.3 Å². The standard InChI is InChI=1S/C11H15ClN2OS.ClH/c1-8(6-13)14-11(15)7-16-10-4-2-9(12)3-5-10;/h2-5,8H,6-7,13H2,1H3,(H,14,15);1H/t8-;/m0./s1. The fraction of sp³-hybridized carbons (Fsp3) is 0.364. The maximum Gasteiger partial charge on any atom is 0.230 e.